The number of hydrogen-bond acceptors (Lipinski definition) is 6. The predicted octanol–water partition coefficient (Wildman–Crippen LogP) is 1.87. The van der Waals surface area contributed by atoms with E-state index in [1.807, 2.05) is 14.0 Å². The van der Waals surface area contributed by atoms with Gasteiger partial charge in [0.2, 0.25) is 0 Å². The van der Waals surface area contributed by atoms with Crippen LogP contribution in [-0.4, -0.2) is 32.8 Å². The van der Waals surface area contributed by atoms with E-state index >= 15 is 0 Å². The van der Waals surface area contributed by atoms with Crippen molar-refractivity contribution in [2.24, 2.45) is 7.05 Å². The highest BCUT2D eigenvalue weighted by atomic mass is 32.2. The molecule has 20 heavy (non-hydrogen) atoms. The quantitative estimate of drug-likeness (QED) is 0.868. The van der Waals surface area contributed by atoms with Crippen molar-refractivity contribution >= 4 is 11.8 Å². The number of hydrogen-bond donors (Lipinski definition) is 1. The number of aromatic nitrogens is 4. The molecule has 3 heterocycles. The van der Waals surface area contributed by atoms with Crippen molar-refractivity contribution in [2.75, 3.05) is 13.1 Å². The van der Waals surface area contributed by atoms with Crippen molar-refractivity contribution < 1.29 is 4.42 Å². The van der Waals surface area contributed by atoms with Crippen molar-refractivity contribution in [3.05, 3.63) is 23.7 Å². The molecule has 0 aliphatic carbocycles. The Hall–Kier alpha value is -1.34. The maximum absolute atomic E-state index is 5.21. The van der Waals surface area contributed by atoms with E-state index in [-0.39, 0.29) is 0 Å². The molecule has 0 saturated carbocycles. The smallest absolute Gasteiger partial charge is 0.191 e. The minimum Gasteiger partial charge on any atom is -0.449 e. The molecule has 0 amide bonds. The van der Waals surface area contributed by atoms with Crippen molar-refractivity contribution in [1.29, 1.82) is 0 Å². The zero-order chi connectivity index (χ0) is 13.9. The van der Waals surface area contributed by atoms with Crippen LogP contribution in [0.15, 0.2) is 15.8 Å². The molecule has 7 heteroatoms. The number of aryl methyl sites for hydroxylation is 1. The molecule has 2 aromatic rings. The summed E-state index contributed by atoms with van der Waals surface area (Å²) in [5, 5.41) is 13.0. The molecule has 0 bridgehead atoms. The van der Waals surface area contributed by atoms with E-state index in [4.69, 9.17) is 4.42 Å². The fraction of sp³-hybridized carbons (Fsp3) is 0.615. The molecule has 1 atom stereocenters. The van der Waals surface area contributed by atoms with Crippen LogP contribution in [0.2, 0.25) is 0 Å². The topological polar surface area (TPSA) is 68.8 Å². The van der Waals surface area contributed by atoms with Gasteiger partial charge in [0.25, 0.3) is 0 Å². The fourth-order valence-corrected chi connectivity index (χ4v) is 3.29. The highest BCUT2D eigenvalue weighted by Gasteiger charge is 2.21. The minimum absolute atomic E-state index is 0.477. The fourth-order valence-electron chi connectivity index (χ4n) is 2.49. The number of oxazole rings is 1. The van der Waals surface area contributed by atoms with E-state index < -0.39 is 0 Å². The van der Waals surface area contributed by atoms with Gasteiger partial charge in [0.1, 0.15) is 12.1 Å². The summed E-state index contributed by atoms with van der Waals surface area (Å²) in [7, 11) is 2.04. The van der Waals surface area contributed by atoms with Crippen LogP contribution in [-0.2, 0) is 12.8 Å². The molecule has 108 valence electrons. The number of thioether (sulfide) groups is 1. The SMILES string of the molecule is Cc1nc(CSc2nnc(C3CCCNC3)n2C)co1. The average Bonchev–Trinajstić information content (AvgIpc) is 3.04. The van der Waals surface area contributed by atoms with Crippen molar-refractivity contribution in [1.82, 2.24) is 25.1 Å². The molecule has 1 fully saturated rings. The second-order valence-corrected chi connectivity index (χ2v) is 6.03. The molecule has 0 radical (unpaired) electrons. The van der Waals surface area contributed by atoms with Crippen molar-refractivity contribution in [2.45, 2.75) is 36.6 Å². The van der Waals surface area contributed by atoms with Crippen LogP contribution >= 0.6 is 11.8 Å². The lowest BCUT2D eigenvalue weighted by Crippen LogP contribution is -2.29. The van der Waals surface area contributed by atoms with Gasteiger partial charge in [0, 0.05) is 32.2 Å². The highest BCUT2D eigenvalue weighted by Crippen LogP contribution is 2.26. The summed E-state index contributed by atoms with van der Waals surface area (Å²) in [6.45, 7) is 3.96. The molecule has 1 aliphatic heterocycles. The first-order chi connectivity index (χ1) is 9.74. The van der Waals surface area contributed by atoms with Crippen LogP contribution in [0.1, 0.15) is 36.2 Å². The number of piperidine rings is 1. The van der Waals surface area contributed by atoms with Gasteiger partial charge in [-0.05, 0) is 19.4 Å². The van der Waals surface area contributed by atoms with Crippen LogP contribution in [0.5, 0.6) is 0 Å². The van der Waals surface area contributed by atoms with Gasteiger partial charge in [-0.15, -0.1) is 10.2 Å². The van der Waals surface area contributed by atoms with Crippen LogP contribution in [0.4, 0.5) is 0 Å². The lowest BCUT2D eigenvalue weighted by Gasteiger charge is -2.21. The second kappa shape index (κ2) is 5.97. The summed E-state index contributed by atoms with van der Waals surface area (Å²) in [6, 6.07) is 0. The first kappa shape index (κ1) is 13.6. The third-order valence-corrected chi connectivity index (χ3v) is 4.60. The van der Waals surface area contributed by atoms with Crippen LogP contribution < -0.4 is 5.32 Å². The van der Waals surface area contributed by atoms with E-state index in [2.05, 4.69) is 25.1 Å². The van der Waals surface area contributed by atoms with E-state index in [1.165, 1.54) is 12.8 Å². The first-order valence-electron chi connectivity index (χ1n) is 6.88. The van der Waals surface area contributed by atoms with Crippen LogP contribution in [0.25, 0.3) is 0 Å². The molecule has 2 aromatic heterocycles. The average molecular weight is 293 g/mol. The molecule has 1 saturated heterocycles. The Labute approximate surface area is 122 Å². The molecule has 6 nitrogen and oxygen atoms in total. The number of nitrogens with one attached hydrogen (secondary N) is 1. The molecule has 0 aromatic carbocycles. The highest BCUT2D eigenvalue weighted by molar-refractivity contribution is 7.98. The van der Waals surface area contributed by atoms with E-state index in [0.717, 1.165) is 35.5 Å². The summed E-state index contributed by atoms with van der Waals surface area (Å²) in [6.07, 6.45) is 4.09. The van der Waals surface area contributed by atoms with Gasteiger partial charge in [0.15, 0.2) is 11.0 Å². The third-order valence-electron chi connectivity index (χ3n) is 3.55. The van der Waals surface area contributed by atoms with Crippen LogP contribution in [0.3, 0.4) is 0 Å². The lowest BCUT2D eigenvalue weighted by atomic mass is 9.99. The molecule has 0 spiro atoms. The first-order valence-corrected chi connectivity index (χ1v) is 7.86. The Kier molecular flexibility index (Phi) is 4.07. The Morgan fingerprint density at radius 1 is 1.50 bits per heavy atom. The Bertz CT molecular complexity index is 573. The molecule has 3 rings (SSSR count). The van der Waals surface area contributed by atoms with E-state index in [0.29, 0.717) is 11.8 Å². The monoisotopic (exact) mass is 293 g/mol. The van der Waals surface area contributed by atoms with Gasteiger partial charge in [-0.1, -0.05) is 11.8 Å². The van der Waals surface area contributed by atoms with Gasteiger partial charge < -0.3 is 14.3 Å². The van der Waals surface area contributed by atoms with Crippen molar-refractivity contribution in [3.63, 3.8) is 0 Å². The number of rotatable bonds is 4. The summed E-state index contributed by atoms with van der Waals surface area (Å²) in [5.41, 5.74) is 0.941. The zero-order valence-electron chi connectivity index (χ0n) is 11.8. The third kappa shape index (κ3) is 2.88. The normalized spacial score (nSPS) is 19.4. The van der Waals surface area contributed by atoms with Crippen LogP contribution in [0, 0.1) is 6.92 Å². The summed E-state index contributed by atoms with van der Waals surface area (Å²) in [5.74, 6) is 3.01. The Morgan fingerprint density at radius 2 is 2.40 bits per heavy atom. The van der Waals surface area contributed by atoms with Gasteiger partial charge >= 0.3 is 0 Å². The predicted molar refractivity (Wildman–Crippen MR) is 76.6 cm³/mol. The van der Waals surface area contributed by atoms with Gasteiger partial charge in [0.05, 0.1) is 5.69 Å². The zero-order valence-corrected chi connectivity index (χ0v) is 12.6. The van der Waals surface area contributed by atoms with E-state index in [9.17, 15) is 0 Å². The summed E-state index contributed by atoms with van der Waals surface area (Å²) >= 11 is 1.64. The summed E-state index contributed by atoms with van der Waals surface area (Å²) < 4.78 is 7.31. The van der Waals surface area contributed by atoms with E-state index in [1.54, 1.807) is 18.0 Å². The standard InChI is InChI=1S/C13H19N5OS/c1-9-15-11(7-19-9)8-20-13-17-16-12(18(13)2)10-4-3-5-14-6-10/h7,10,14H,3-6,8H2,1-2H3. The summed E-state index contributed by atoms with van der Waals surface area (Å²) in [4.78, 5) is 4.30. The molecular formula is C13H19N5OS. The van der Waals surface area contributed by atoms with Gasteiger partial charge in [-0.3, -0.25) is 0 Å². The molecule has 1 N–H and O–H groups in total. The number of nitrogens with zero attached hydrogens (tertiary/aromatic N) is 4. The van der Waals surface area contributed by atoms with Gasteiger partial charge in [-0.25, -0.2) is 4.98 Å². The lowest BCUT2D eigenvalue weighted by molar-refractivity contribution is 0.436. The minimum atomic E-state index is 0.477. The Balaban J connectivity index is 1.66. The molecule has 1 aliphatic rings. The largest absolute Gasteiger partial charge is 0.449 e. The maximum Gasteiger partial charge on any atom is 0.191 e. The molecular weight excluding hydrogens is 274 g/mol. The maximum atomic E-state index is 5.21. The van der Waals surface area contributed by atoms with Gasteiger partial charge in [-0.2, -0.15) is 0 Å². The Morgan fingerprint density at radius 3 is 3.10 bits per heavy atom. The molecule has 1 unspecified atom stereocenters. The van der Waals surface area contributed by atoms with Crippen molar-refractivity contribution in [3.8, 4) is 0 Å². The second-order valence-electron chi connectivity index (χ2n) is 5.09.